The lowest BCUT2D eigenvalue weighted by molar-refractivity contribution is 1.63. The van der Waals surface area contributed by atoms with Crippen molar-refractivity contribution in [2.75, 3.05) is 0 Å². The number of hydrogen-bond donors (Lipinski definition) is 0. The molecule has 0 N–H and O–H groups in total. The summed E-state index contributed by atoms with van der Waals surface area (Å²) in [7, 11) is 0. The van der Waals surface area contributed by atoms with E-state index in [2.05, 4.69) is 78.9 Å². The average molecular weight is 570 g/mol. The van der Waals surface area contributed by atoms with Crippen LogP contribution in [0.1, 0.15) is 9.60 Å². The molecule has 1 aromatic heterocycles. The molecule has 1 heterocycles. The van der Waals surface area contributed by atoms with Crippen LogP contribution >= 0.6 is 11.3 Å². The molecule has 0 amide bonds. The first-order valence-corrected chi connectivity index (χ1v) is 15.0. The maximum Gasteiger partial charge on any atom is 0.0638 e. The van der Waals surface area contributed by atoms with Gasteiger partial charge in [0.1, 0.15) is 0 Å². The molecule has 9 aromatic rings. The lowest BCUT2D eigenvalue weighted by Gasteiger charge is -2.18. The molecule has 0 radical (unpaired) electrons. The van der Waals surface area contributed by atoms with E-state index in [1.54, 1.807) is 0 Å². The summed E-state index contributed by atoms with van der Waals surface area (Å²) in [6.45, 7) is 0. The standard InChI is InChI=1S/C42H26S/c1-2-16-30-27(12-1)13-10-22-31(30)28-14-9-15-29(26-28)40-33-18-3-5-20-35(33)41(36-21-6-4-19-34(36)40)38-24-11-23-37-32-17-7-8-25-39(32)43-42(37)38/h1-26H/i7D,8D,11D,17D,23D,24D,25D. The molecule has 0 saturated carbocycles. The zero-order valence-corrected chi connectivity index (χ0v) is 23.7. The van der Waals surface area contributed by atoms with Crippen molar-refractivity contribution in [3.05, 3.63) is 158 Å². The third-order valence-corrected chi connectivity index (χ3v) is 9.49. The molecule has 0 aliphatic heterocycles. The largest absolute Gasteiger partial charge is 0.135 e. The van der Waals surface area contributed by atoms with E-state index >= 15 is 0 Å². The van der Waals surface area contributed by atoms with Gasteiger partial charge in [0.15, 0.2) is 0 Å². The zero-order chi connectivity index (χ0) is 34.4. The summed E-state index contributed by atoms with van der Waals surface area (Å²) < 4.78 is 62.1. The molecule has 43 heavy (non-hydrogen) atoms. The third-order valence-electron chi connectivity index (χ3n) is 8.37. The highest BCUT2D eigenvalue weighted by molar-refractivity contribution is 7.26. The lowest BCUT2D eigenvalue weighted by atomic mass is 9.85. The van der Waals surface area contributed by atoms with Gasteiger partial charge in [-0.25, -0.2) is 0 Å². The molecular weight excluding hydrogens is 537 g/mol. The van der Waals surface area contributed by atoms with Crippen LogP contribution in [0.2, 0.25) is 0 Å². The quantitative estimate of drug-likeness (QED) is 0.186. The van der Waals surface area contributed by atoms with Crippen molar-refractivity contribution >= 4 is 63.8 Å². The summed E-state index contributed by atoms with van der Waals surface area (Å²) in [5, 5.41) is 6.56. The summed E-state index contributed by atoms with van der Waals surface area (Å²) in [6.07, 6.45) is 0. The first-order valence-electron chi connectivity index (χ1n) is 17.7. The SMILES string of the molecule is [2H]c1c([2H])c([2H])c2c(sc3c(-c4c5ccccc5c(-c5cccc(-c6cccc7ccccc67)c5)c5ccccc45)c([2H])c([2H])c([2H])c32)c1[2H]. The predicted octanol–water partition coefficient (Wildman–Crippen LogP) is 12.5. The molecule has 200 valence electrons. The third kappa shape index (κ3) is 3.75. The Balaban J connectivity index is 1.40. The molecule has 0 bridgehead atoms. The van der Waals surface area contributed by atoms with E-state index < -0.39 is 0 Å². The van der Waals surface area contributed by atoms with Crippen molar-refractivity contribution in [1.29, 1.82) is 0 Å². The van der Waals surface area contributed by atoms with Crippen molar-refractivity contribution in [3.63, 3.8) is 0 Å². The second-order valence-electron chi connectivity index (χ2n) is 10.7. The van der Waals surface area contributed by atoms with Crippen LogP contribution in [0.25, 0.3) is 85.9 Å². The molecule has 0 atom stereocenters. The maximum atomic E-state index is 9.31. The van der Waals surface area contributed by atoms with Crippen LogP contribution in [0.15, 0.2) is 158 Å². The van der Waals surface area contributed by atoms with E-state index in [9.17, 15) is 1.37 Å². The molecule has 8 aromatic carbocycles. The van der Waals surface area contributed by atoms with Gasteiger partial charge in [0.25, 0.3) is 0 Å². The molecule has 0 aliphatic rings. The summed E-state index contributed by atoms with van der Waals surface area (Å²) in [4.78, 5) is 0. The van der Waals surface area contributed by atoms with Gasteiger partial charge in [0, 0.05) is 25.7 Å². The summed E-state index contributed by atoms with van der Waals surface area (Å²) >= 11 is 1.17. The average Bonchev–Trinajstić information content (AvgIpc) is 3.55. The molecule has 0 fully saturated rings. The van der Waals surface area contributed by atoms with Crippen molar-refractivity contribution in [2.45, 2.75) is 0 Å². The summed E-state index contributed by atoms with van der Waals surface area (Å²) in [5.41, 5.74) is 5.54. The minimum Gasteiger partial charge on any atom is -0.135 e. The Kier molecular flexibility index (Phi) is 4.12. The molecule has 0 spiro atoms. The molecule has 0 saturated heterocycles. The summed E-state index contributed by atoms with van der Waals surface area (Å²) in [5.74, 6) is 0. The van der Waals surface area contributed by atoms with Crippen LogP contribution in [0.4, 0.5) is 0 Å². The number of benzene rings is 8. The van der Waals surface area contributed by atoms with Gasteiger partial charge in [-0.3, -0.25) is 0 Å². The Labute approximate surface area is 263 Å². The van der Waals surface area contributed by atoms with E-state index in [-0.39, 0.29) is 53.1 Å². The monoisotopic (exact) mass is 569 g/mol. The zero-order valence-electron chi connectivity index (χ0n) is 29.9. The van der Waals surface area contributed by atoms with Crippen LogP contribution in [0.5, 0.6) is 0 Å². The highest BCUT2D eigenvalue weighted by Gasteiger charge is 2.19. The van der Waals surface area contributed by atoms with Crippen LogP contribution in [0.3, 0.4) is 0 Å². The van der Waals surface area contributed by atoms with Gasteiger partial charge in [0.2, 0.25) is 0 Å². The Hall–Kier alpha value is -5.24. The van der Waals surface area contributed by atoms with Crippen molar-refractivity contribution in [3.8, 4) is 33.4 Å². The van der Waals surface area contributed by atoms with Crippen LogP contribution < -0.4 is 0 Å². The van der Waals surface area contributed by atoms with E-state index in [0.29, 0.717) is 15.0 Å². The molecule has 0 aliphatic carbocycles. The van der Waals surface area contributed by atoms with Gasteiger partial charge in [-0.05, 0) is 72.2 Å². The first kappa shape index (κ1) is 18.3. The van der Waals surface area contributed by atoms with Gasteiger partial charge in [-0.2, -0.15) is 0 Å². The molecular formula is C42H26S. The Morgan fingerprint density at radius 2 is 1.02 bits per heavy atom. The van der Waals surface area contributed by atoms with Gasteiger partial charge < -0.3 is 0 Å². The van der Waals surface area contributed by atoms with E-state index in [1.807, 2.05) is 36.4 Å². The second-order valence-corrected chi connectivity index (χ2v) is 11.7. The second kappa shape index (κ2) is 9.66. The molecule has 0 nitrogen and oxygen atoms in total. The minimum atomic E-state index is -0.379. The number of hydrogen-bond acceptors (Lipinski definition) is 1. The first-order chi connectivity index (χ1) is 24.3. The van der Waals surface area contributed by atoms with Crippen LogP contribution in [-0.2, 0) is 0 Å². The smallest absolute Gasteiger partial charge is 0.0638 e. The fraction of sp³-hybridized carbons (Fsp3) is 0. The Bertz CT molecular complexity index is 2850. The van der Waals surface area contributed by atoms with Crippen molar-refractivity contribution in [1.82, 2.24) is 0 Å². The fourth-order valence-corrected chi connectivity index (χ4v) is 7.60. The summed E-state index contributed by atoms with van der Waals surface area (Å²) in [6, 6.07) is 37.8. The van der Waals surface area contributed by atoms with Crippen LogP contribution in [0, 0.1) is 0 Å². The van der Waals surface area contributed by atoms with Gasteiger partial charge >= 0.3 is 0 Å². The topological polar surface area (TPSA) is 0 Å². The highest BCUT2D eigenvalue weighted by Crippen LogP contribution is 2.48. The van der Waals surface area contributed by atoms with Gasteiger partial charge in [-0.1, -0.05) is 145 Å². The van der Waals surface area contributed by atoms with Crippen LogP contribution in [-0.4, -0.2) is 0 Å². The molecule has 9 rings (SSSR count). The molecule has 0 unspecified atom stereocenters. The number of rotatable bonds is 3. The van der Waals surface area contributed by atoms with E-state index in [4.69, 9.17) is 8.22 Å². The van der Waals surface area contributed by atoms with E-state index in [1.165, 1.54) is 22.1 Å². The lowest BCUT2D eigenvalue weighted by Crippen LogP contribution is -1.91. The fourth-order valence-electron chi connectivity index (χ4n) is 6.53. The van der Waals surface area contributed by atoms with Gasteiger partial charge in [-0.15, -0.1) is 11.3 Å². The predicted molar refractivity (Wildman–Crippen MR) is 188 cm³/mol. The number of fused-ring (bicyclic) bond motifs is 6. The number of thiophene rings is 1. The van der Waals surface area contributed by atoms with Crippen molar-refractivity contribution in [2.24, 2.45) is 0 Å². The minimum absolute atomic E-state index is 0.106. The van der Waals surface area contributed by atoms with Crippen molar-refractivity contribution < 1.29 is 9.60 Å². The maximum absolute atomic E-state index is 9.31. The van der Waals surface area contributed by atoms with E-state index in [0.717, 1.165) is 49.4 Å². The molecule has 1 heteroatoms. The Morgan fingerprint density at radius 3 is 1.81 bits per heavy atom. The Morgan fingerprint density at radius 1 is 0.419 bits per heavy atom. The normalized spacial score (nSPS) is 14.0. The van der Waals surface area contributed by atoms with Gasteiger partial charge in [0.05, 0.1) is 9.60 Å². The highest BCUT2D eigenvalue weighted by atomic mass is 32.1.